The number of hydrogen-bond donors (Lipinski definition) is 2. The summed E-state index contributed by atoms with van der Waals surface area (Å²) in [4.78, 5) is 28.3. The molecular weight excluding hydrogens is 378 g/mol. The van der Waals surface area contributed by atoms with E-state index in [4.69, 9.17) is 4.74 Å². The van der Waals surface area contributed by atoms with Crippen LogP contribution in [0.2, 0.25) is 0 Å². The highest BCUT2D eigenvalue weighted by Crippen LogP contribution is 2.30. The molecule has 1 aliphatic rings. The number of hydrogen-bond acceptors (Lipinski definition) is 4. The standard InChI is InChI=1S/C24H19N3O3/c28-23(26-16-19-5-3-4-14-25-19)13-12-17-8-10-18(11-9-17)15-22-24(29)27-20-6-1-2-7-21(20)30-22/h1-15H,16H2,(H,26,28)(H,27,29)/b13-12+,22-15-. The number of carbonyl (C=O) groups is 2. The van der Waals surface area contributed by atoms with Crippen molar-refractivity contribution in [3.63, 3.8) is 0 Å². The number of aromatic nitrogens is 1. The van der Waals surface area contributed by atoms with Crippen LogP contribution in [-0.4, -0.2) is 16.8 Å². The molecule has 0 aliphatic carbocycles. The third-order valence-corrected chi connectivity index (χ3v) is 4.41. The number of amides is 2. The third-order valence-electron chi connectivity index (χ3n) is 4.41. The Balaban J connectivity index is 1.37. The Morgan fingerprint density at radius 1 is 1.00 bits per heavy atom. The average molecular weight is 397 g/mol. The first-order valence-electron chi connectivity index (χ1n) is 9.43. The zero-order chi connectivity index (χ0) is 20.8. The van der Waals surface area contributed by atoms with E-state index < -0.39 is 0 Å². The number of pyridine rings is 1. The number of ether oxygens (including phenoxy) is 1. The van der Waals surface area contributed by atoms with Crippen LogP contribution in [0.15, 0.2) is 84.8 Å². The van der Waals surface area contributed by atoms with Crippen LogP contribution in [-0.2, 0) is 16.1 Å². The van der Waals surface area contributed by atoms with E-state index in [2.05, 4.69) is 15.6 Å². The van der Waals surface area contributed by atoms with Crippen molar-refractivity contribution in [1.29, 1.82) is 0 Å². The fourth-order valence-corrected chi connectivity index (χ4v) is 2.87. The Labute approximate surface area is 173 Å². The molecule has 0 radical (unpaired) electrons. The summed E-state index contributed by atoms with van der Waals surface area (Å²) >= 11 is 0. The molecule has 4 rings (SSSR count). The lowest BCUT2D eigenvalue weighted by Crippen LogP contribution is -2.23. The predicted octanol–water partition coefficient (Wildman–Crippen LogP) is 3.78. The molecule has 0 spiro atoms. The van der Waals surface area contributed by atoms with Crippen LogP contribution < -0.4 is 15.4 Å². The molecule has 30 heavy (non-hydrogen) atoms. The van der Waals surface area contributed by atoms with Crippen molar-refractivity contribution >= 4 is 29.7 Å². The van der Waals surface area contributed by atoms with Gasteiger partial charge in [0.15, 0.2) is 11.5 Å². The monoisotopic (exact) mass is 397 g/mol. The minimum Gasteiger partial charge on any atom is -0.449 e. The van der Waals surface area contributed by atoms with E-state index in [1.807, 2.05) is 54.6 Å². The number of nitrogens with one attached hydrogen (secondary N) is 2. The van der Waals surface area contributed by atoms with E-state index in [-0.39, 0.29) is 17.6 Å². The number of carbonyl (C=O) groups excluding carboxylic acids is 2. The van der Waals surface area contributed by atoms with Gasteiger partial charge in [0.2, 0.25) is 5.91 Å². The van der Waals surface area contributed by atoms with Gasteiger partial charge in [-0.3, -0.25) is 14.6 Å². The minimum absolute atomic E-state index is 0.196. The smallest absolute Gasteiger partial charge is 0.291 e. The first-order valence-corrected chi connectivity index (χ1v) is 9.43. The Morgan fingerprint density at radius 2 is 1.77 bits per heavy atom. The molecule has 2 N–H and O–H groups in total. The molecule has 1 aliphatic heterocycles. The van der Waals surface area contributed by atoms with E-state index in [1.165, 1.54) is 6.08 Å². The van der Waals surface area contributed by atoms with Gasteiger partial charge in [-0.05, 0) is 47.5 Å². The molecule has 0 saturated carbocycles. The molecule has 0 bridgehead atoms. The average Bonchev–Trinajstić information content (AvgIpc) is 2.78. The highest BCUT2D eigenvalue weighted by atomic mass is 16.5. The van der Waals surface area contributed by atoms with Crippen molar-refractivity contribution in [3.8, 4) is 5.75 Å². The van der Waals surface area contributed by atoms with Gasteiger partial charge in [-0.25, -0.2) is 0 Å². The van der Waals surface area contributed by atoms with E-state index in [0.29, 0.717) is 18.0 Å². The van der Waals surface area contributed by atoms with Crippen LogP contribution in [0.4, 0.5) is 5.69 Å². The first-order chi connectivity index (χ1) is 14.7. The largest absolute Gasteiger partial charge is 0.449 e. The lowest BCUT2D eigenvalue weighted by molar-refractivity contribution is -0.116. The normalized spacial score (nSPS) is 14.1. The maximum Gasteiger partial charge on any atom is 0.291 e. The maximum atomic E-state index is 12.2. The number of rotatable bonds is 5. The highest BCUT2D eigenvalue weighted by molar-refractivity contribution is 6.08. The van der Waals surface area contributed by atoms with Gasteiger partial charge >= 0.3 is 0 Å². The van der Waals surface area contributed by atoms with Crippen molar-refractivity contribution in [2.24, 2.45) is 0 Å². The number of para-hydroxylation sites is 2. The zero-order valence-electron chi connectivity index (χ0n) is 16.0. The minimum atomic E-state index is -0.290. The van der Waals surface area contributed by atoms with Crippen LogP contribution in [0.25, 0.3) is 12.2 Å². The summed E-state index contributed by atoms with van der Waals surface area (Å²) in [7, 11) is 0. The summed E-state index contributed by atoms with van der Waals surface area (Å²) < 4.78 is 5.70. The van der Waals surface area contributed by atoms with Gasteiger partial charge in [0.05, 0.1) is 17.9 Å². The van der Waals surface area contributed by atoms with Crippen LogP contribution in [0.1, 0.15) is 16.8 Å². The quantitative estimate of drug-likeness (QED) is 0.642. The van der Waals surface area contributed by atoms with Gasteiger partial charge in [0, 0.05) is 12.3 Å². The molecule has 3 aromatic rings. The Kier molecular flexibility index (Phi) is 5.66. The molecule has 0 fully saturated rings. The summed E-state index contributed by atoms with van der Waals surface area (Å²) in [5, 5.41) is 5.59. The zero-order valence-corrected chi connectivity index (χ0v) is 16.0. The molecule has 2 heterocycles. The first kappa shape index (κ1) is 19.1. The molecule has 2 aromatic carbocycles. The molecule has 6 heteroatoms. The summed E-state index contributed by atoms with van der Waals surface area (Å²) in [6.07, 6.45) is 6.57. The molecule has 2 amide bonds. The van der Waals surface area contributed by atoms with Gasteiger partial charge in [-0.2, -0.15) is 0 Å². The number of benzene rings is 2. The van der Waals surface area contributed by atoms with Crippen molar-refractivity contribution in [2.75, 3.05) is 5.32 Å². The van der Waals surface area contributed by atoms with Gasteiger partial charge in [0.1, 0.15) is 0 Å². The van der Waals surface area contributed by atoms with E-state index in [1.54, 1.807) is 30.5 Å². The molecule has 1 aromatic heterocycles. The Morgan fingerprint density at radius 3 is 2.57 bits per heavy atom. The third kappa shape index (κ3) is 4.80. The predicted molar refractivity (Wildman–Crippen MR) is 115 cm³/mol. The number of fused-ring (bicyclic) bond motifs is 1. The summed E-state index contributed by atoms with van der Waals surface area (Å²) in [6, 6.07) is 20.3. The van der Waals surface area contributed by atoms with Gasteiger partial charge < -0.3 is 15.4 Å². The summed E-state index contributed by atoms with van der Waals surface area (Å²) in [5.41, 5.74) is 3.13. The highest BCUT2D eigenvalue weighted by Gasteiger charge is 2.21. The molecule has 0 saturated heterocycles. The molecule has 0 unspecified atom stereocenters. The molecule has 6 nitrogen and oxygen atoms in total. The van der Waals surface area contributed by atoms with Crippen LogP contribution in [0, 0.1) is 0 Å². The van der Waals surface area contributed by atoms with Crippen LogP contribution in [0.3, 0.4) is 0 Å². The molecule has 0 atom stereocenters. The maximum absolute atomic E-state index is 12.2. The SMILES string of the molecule is O=C(/C=C/c1ccc(/C=C2\Oc3ccccc3NC2=O)cc1)NCc1ccccn1. The second kappa shape index (κ2) is 8.87. The van der Waals surface area contributed by atoms with E-state index in [9.17, 15) is 9.59 Å². The van der Waals surface area contributed by atoms with Crippen molar-refractivity contribution < 1.29 is 14.3 Å². The van der Waals surface area contributed by atoms with E-state index >= 15 is 0 Å². The van der Waals surface area contributed by atoms with Crippen LogP contribution in [0.5, 0.6) is 5.75 Å². The summed E-state index contributed by atoms with van der Waals surface area (Å²) in [5.74, 6) is 0.352. The second-order valence-electron chi connectivity index (χ2n) is 6.60. The van der Waals surface area contributed by atoms with Crippen molar-refractivity contribution in [3.05, 3.63) is 102 Å². The number of nitrogens with zero attached hydrogens (tertiary/aromatic N) is 1. The van der Waals surface area contributed by atoms with E-state index in [0.717, 1.165) is 16.8 Å². The van der Waals surface area contributed by atoms with Crippen molar-refractivity contribution in [1.82, 2.24) is 10.3 Å². The Bertz CT molecular complexity index is 1120. The number of anilines is 1. The lowest BCUT2D eigenvalue weighted by Gasteiger charge is -2.19. The van der Waals surface area contributed by atoms with Gasteiger partial charge in [-0.15, -0.1) is 0 Å². The fourth-order valence-electron chi connectivity index (χ4n) is 2.87. The lowest BCUT2D eigenvalue weighted by atomic mass is 10.1. The fraction of sp³-hybridized carbons (Fsp3) is 0.0417. The van der Waals surface area contributed by atoms with Gasteiger partial charge in [0.25, 0.3) is 5.91 Å². The van der Waals surface area contributed by atoms with Crippen molar-refractivity contribution in [2.45, 2.75) is 6.54 Å². The Hall–Kier alpha value is -4.19. The summed E-state index contributed by atoms with van der Waals surface area (Å²) in [6.45, 7) is 0.377. The second-order valence-corrected chi connectivity index (χ2v) is 6.60. The molecular formula is C24H19N3O3. The molecule has 148 valence electrons. The van der Waals surface area contributed by atoms with Gasteiger partial charge in [-0.1, -0.05) is 42.5 Å². The topological polar surface area (TPSA) is 80.3 Å². The van der Waals surface area contributed by atoms with Crippen LogP contribution >= 0.6 is 0 Å².